The molecular weight excluding hydrogens is 377 g/mol. The zero-order chi connectivity index (χ0) is 21.1. The summed E-state index contributed by atoms with van der Waals surface area (Å²) in [6, 6.07) is 11.3. The van der Waals surface area contributed by atoms with Gasteiger partial charge in [0.25, 0.3) is 0 Å². The molecule has 1 N–H and O–H groups in total. The van der Waals surface area contributed by atoms with Gasteiger partial charge in [-0.2, -0.15) is 0 Å². The average Bonchev–Trinajstić information content (AvgIpc) is 2.79. The Morgan fingerprint density at radius 2 is 1.80 bits per heavy atom. The molecule has 5 heteroatoms. The number of aromatic nitrogens is 2. The molecule has 2 unspecified atom stereocenters. The number of benzene rings is 2. The standard InChI is InChI=1S/C25H30FN3O/c1-4-16(2)22-13-20(19-5-7-21(26)8-6-19)14-23-24(22)27-15-28-25(23)29-17(3)18-9-11-30-12-10-18/h5-8,13-18H,4,9-12H2,1-3H3,(H,27,28,29). The lowest BCUT2D eigenvalue weighted by Crippen LogP contribution is -2.31. The molecule has 0 spiro atoms. The van der Waals surface area contributed by atoms with E-state index in [9.17, 15) is 4.39 Å². The molecule has 1 saturated heterocycles. The second-order valence-corrected chi connectivity index (χ2v) is 8.38. The fourth-order valence-electron chi connectivity index (χ4n) is 4.26. The quantitative estimate of drug-likeness (QED) is 0.530. The van der Waals surface area contributed by atoms with Crippen molar-refractivity contribution < 1.29 is 9.13 Å². The highest BCUT2D eigenvalue weighted by molar-refractivity contribution is 5.95. The predicted octanol–water partition coefficient (Wildman–Crippen LogP) is 6.18. The zero-order valence-electron chi connectivity index (χ0n) is 18.0. The Balaban J connectivity index is 1.78. The molecule has 0 aliphatic carbocycles. The van der Waals surface area contributed by atoms with Crippen LogP contribution in [0.1, 0.15) is 51.5 Å². The van der Waals surface area contributed by atoms with Gasteiger partial charge < -0.3 is 10.1 Å². The van der Waals surface area contributed by atoms with Gasteiger partial charge in [0.05, 0.1) is 5.52 Å². The summed E-state index contributed by atoms with van der Waals surface area (Å²) < 4.78 is 19.0. The van der Waals surface area contributed by atoms with E-state index in [0.717, 1.165) is 60.3 Å². The van der Waals surface area contributed by atoms with Crippen LogP contribution < -0.4 is 5.32 Å². The smallest absolute Gasteiger partial charge is 0.137 e. The molecule has 1 aliphatic rings. The highest BCUT2D eigenvalue weighted by Crippen LogP contribution is 2.35. The van der Waals surface area contributed by atoms with Crippen LogP contribution >= 0.6 is 0 Å². The molecule has 2 heterocycles. The lowest BCUT2D eigenvalue weighted by atomic mass is 9.91. The van der Waals surface area contributed by atoms with Crippen molar-refractivity contribution in [3.8, 4) is 11.1 Å². The van der Waals surface area contributed by atoms with Gasteiger partial charge in [0.15, 0.2) is 0 Å². The van der Waals surface area contributed by atoms with Crippen molar-refractivity contribution in [2.24, 2.45) is 5.92 Å². The van der Waals surface area contributed by atoms with Crippen LogP contribution in [0.4, 0.5) is 10.2 Å². The number of rotatable bonds is 6. The van der Waals surface area contributed by atoms with Gasteiger partial charge in [-0.15, -0.1) is 0 Å². The highest BCUT2D eigenvalue weighted by atomic mass is 19.1. The monoisotopic (exact) mass is 407 g/mol. The Hall–Kier alpha value is -2.53. The van der Waals surface area contributed by atoms with Crippen LogP contribution in [-0.2, 0) is 4.74 Å². The summed E-state index contributed by atoms with van der Waals surface area (Å²) in [7, 11) is 0. The Labute approximate surface area is 177 Å². The lowest BCUT2D eigenvalue weighted by molar-refractivity contribution is 0.0622. The maximum atomic E-state index is 13.5. The van der Waals surface area contributed by atoms with Crippen LogP contribution in [0.15, 0.2) is 42.7 Å². The van der Waals surface area contributed by atoms with Gasteiger partial charge in [-0.25, -0.2) is 14.4 Å². The molecule has 0 bridgehead atoms. The second-order valence-electron chi connectivity index (χ2n) is 8.38. The van der Waals surface area contributed by atoms with E-state index in [1.165, 1.54) is 17.7 Å². The van der Waals surface area contributed by atoms with Crippen molar-refractivity contribution in [1.82, 2.24) is 9.97 Å². The van der Waals surface area contributed by atoms with E-state index in [1.807, 2.05) is 12.1 Å². The van der Waals surface area contributed by atoms with Gasteiger partial charge in [-0.1, -0.05) is 26.0 Å². The first-order chi connectivity index (χ1) is 14.6. The largest absolute Gasteiger partial charge is 0.381 e. The first kappa shape index (κ1) is 20.7. The minimum atomic E-state index is -0.224. The SMILES string of the molecule is CCC(C)c1cc(-c2ccc(F)cc2)cc2c(NC(C)C3CCOCC3)ncnc12. The molecular formula is C25H30FN3O. The van der Waals surface area contributed by atoms with Crippen LogP contribution in [-0.4, -0.2) is 29.2 Å². The van der Waals surface area contributed by atoms with Crippen molar-refractivity contribution in [3.63, 3.8) is 0 Å². The third kappa shape index (κ3) is 4.31. The van der Waals surface area contributed by atoms with Gasteiger partial charge in [-0.3, -0.25) is 0 Å². The summed E-state index contributed by atoms with van der Waals surface area (Å²) >= 11 is 0. The summed E-state index contributed by atoms with van der Waals surface area (Å²) in [6.07, 6.45) is 4.81. The van der Waals surface area contributed by atoms with Gasteiger partial charge in [0, 0.05) is 24.6 Å². The number of nitrogens with one attached hydrogen (secondary N) is 1. The fraction of sp³-hybridized carbons (Fsp3) is 0.440. The maximum absolute atomic E-state index is 13.5. The molecule has 1 aliphatic heterocycles. The van der Waals surface area contributed by atoms with Crippen LogP contribution in [0.3, 0.4) is 0 Å². The topological polar surface area (TPSA) is 47.0 Å². The molecule has 2 atom stereocenters. The molecule has 30 heavy (non-hydrogen) atoms. The Morgan fingerprint density at radius 3 is 2.50 bits per heavy atom. The second kappa shape index (κ2) is 9.09. The van der Waals surface area contributed by atoms with Crippen LogP contribution in [0.2, 0.25) is 0 Å². The molecule has 1 fully saturated rings. The van der Waals surface area contributed by atoms with Gasteiger partial charge in [0.2, 0.25) is 0 Å². The van der Waals surface area contributed by atoms with Crippen molar-refractivity contribution in [2.45, 2.75) is 52.0 Å². The van der Waals surface area contributed by atoms with E-state index in [-0.39, 0.29) is 5.82 Å². The normalized spacial score (nSPS) is 17.1. The number of hydrogen-bond donors (Lipinski definition) is 1. The molecule has 0 amide bonds. The summed E-state index contributed by atoms with van der Waals surface area (Å²) in [5, 5.41) is 4.68. The zero-order valence-corrected chi connectivity index (χ0v) is 18.0. The number of ether oxygens (including phenoxy) is 1. The van der Waals surface area contributed by atoms with Gasteiger partial charge in [0.1, 0.15) is 18.0 Å². The maximum Gasteiger partial charge on any atom is 0.137 e. The first-order valence-electron chi connectivity index (χ1n) is 11.0. The fourth-order valence-corrected chi connectivity index (χ4v) is 4.26. The number of halogens is 1. The molecule has 4 rings (SSSR count). The van der Waals surface area contributed by atoms with Crippen molar-refractivity contribution in [2.75, 3.05) is 18.5 Å². The van der Waals surface area contributed by atoms with Crippen LogP contribution in [0.25, 0.3) is 22.0 Å². The molecule has 3 aromatic rings. The van der Waals surface area contributed by atoms with Crippen molar-refractivity contribution in [3.05, 3.63) is 54.1 Å². The predicted molar refractivity (Wildman–Crippen MR) is 120 cm³/mol. The van der Waals surface area contributed by atoms with Crippen molar-refractivity contribution >= 4 is 16.7 Å². The molecule has 1 aromatic heterocycles. The number of nitrogens with zero attached hydrogens (tertiary/aromatic N) is 2. The molecule has 158 valence electrons. The summed E-state index contributed by atoms with van der Waals surface area (Å²) in [6.45, 7) is 8.29. The summed E-state index contributed by atoms with van der Waals surface area (Å²) in [5.74, 6) is 1.58. The first-order valence-corrected chi connectivity index (χ1v) is 11.0. The van der Waals surface area contributed by atoms with E-state index < -0.39 is 0 Å². The van der Waals surface area contributed by atoms with Gasteiger partial charge >= 0.3 is 0 Å². The lowest BCUT2D eigenvalue weighted by Gasteiger charge is -2.29. The van der Waals surface area contributed by atoms with E-state index in [2.05, 4.69) is 48.2 Å². The minimum absolute atomic E-state index is 0.224. The number of anilines is 1. The minimum Gasteiger partial charge on any atom is -0.381 e. The van der Waals surface area contributed by atoms with Gasteiger partial charge in [-0.05, 0) is 79.0 Å². The number of hydrogen-bond acceptors (Lipinski definition) is 4. The third-order valence-corrected chi connectivity index (χ3v) is 6.43. The van der Waals surface area contributed by atoms with Crippen molar-refractivity contribution in [1.29, 1.82) is 0 Å². The summed E-state index contributed by atoms with van der Waals surface area (Å²) in [5.41, 5.74) is 4.26. The van der Waals surface area contributed by atoms with E-state index in [1.54, 1.807) is 6.33 Å². The Bertz CT molecular complexity index is 999. The summed E-state index contributed by atoms with van der Waals surface area (Å²) in [4.78, 5) is 9.25. The molecule has 2 aromatic carbocycles. The Morgan fingerprint density at radius 1 is 1.07 bits per heavy atom. The van der Waals surface area contributed by atoms with Crippen LogP contribution in [0, 0.1) is 11.7 Å². The molecule has 4 nitrogen and oxygen atoms in total. The van der Waals surface area contributed by atoms with Crippen LogP contribution in [0.5, 0.6) is 0 Å². The van der Waals surface area contributed by atoms with E-state index in [0.29, 0.717) is 17.9 Å². The third-order valence-electron chi connectivity index (χ3n) is 6.43. The van der Waals surface area contributed by atoms with E-state index in [4.69, 9.17) is 4.74 Å². The molecule has 0 radical (unpaired) electrons. The molecule has 0 saturated carbocycles. The Kier molecular flexibility index (Phi) is 6.28. The average molecular weight is 408 g/mol. The number of fused-ring (bicyclic) bond motifs is 1. The van der Waals surface area contributed by atoms with E-state index >= 15 is 0 Å². The highest BCUT2D eigenvalue weighted by Gasteiger charge is 2.22.